The average molecular weight is 571 g/mol. The number of ketones is 1. The smallest absolute Gasteiger partial charge is 0.185 e. The minimum atomic E-state index is -0.653. The quantitative estimate of drug-likeness (QED) is 0.104. The molecule has 0 spiro atoms. The van der Waals surface area contributed by atoms with E-state index in [-0.39, 0.29) is 5.78 Å². The Labute approximate surface area is 256 Å². The first-order valence-corrected chi connectivity index (χ1v) is 14.7. The zero-order valence-corrected chi connectivity index (χ0v) is 24.3. The highest BCUT2D eigenvalue weighted by Gasteiger charge is 2.38. The summed E-state index contributed by atoms with van der Waals surface area (Å²) in [5.41, 5.74) is 6.81. The highest BCUT2D eigenvalue weighted by Crippen LogP contribution is 2.41. The molecule has 0 saturated carbocycles. The molecule has 44 heavy (non-hydrogen) atoms. The Kier molecular flexibility index (Phi) is 7.09. The van der Waals surface area contributed by atoms with E-state index in [1.165, 1.54) is 0 Å². The first-order valence-electron chi connectivity index (χ1n) is 14.7. The zero-order valence-electron chi connectivity index (χ0n) is 24.3. The van der Waals surface area contributed by atoms with Gasteiger partial charge < -0.3 is 8.98 Å². The molecule has 0 aliphatic rings. The zero-order chi connectivity index (χ0) is 29.9. The number of allylic oxidation sites excluding steroid dienone is 1. The Balaban J connectivity index is 1.31. The second-order valence-corrected chi connectivity index (χ2v) is 10.9. The normalized spacial score (nSPS) is 11.8. The maximum absolute atomic E-state index is 13.2. The number of fused-ring (bicyclic) bond motifs is 1. The highest BCUT2D eigenvalue weighted by atomic mass is 16.3. The predicted octanol–water partition coefficient (Wildman–Crippen LogP) is 9.34. The highest BCUT2D eigenvalue weighted by molar-refractivity contribution is 6.08. The molecule has 5 aromatic carbocycles. The van der Waals surface area contributed by atoms with Crippen molar-refractivity contribution in [3.05, 3.63) is 192 Å². The molecule has 2 heterocycles. The van der Waals surface area contributed by atoms with E-state index in [1.54, 1.807) is 6.08 Å². The van der Waals surface area contributed by atoms with E-state index >= 15 is 0 Å². The van der Waals surface area contributed by atoms with Crippen molar-refractivity contribution < 1.29 is 9.21 Å². The van der Waals surface area contributed by atoms with Crippen molar-refractivity contribution in [3.8, 4) is 11.3 Å². The molecule has 0 atom stereocenters. The van der Waals surface area contributed by atoms with Gasteiger partial charge in [0.1, 0.15) is 16.9 Å². The number of furan rings is 1. The van der Waals surface area contributed by atoms with Crippen molar-refractivity contribution in [2.75, 3.05) is 0 Å². The summed E-state index contributed by atoms with van der Waals surface area (Å²) in [5.74, 6) is 0.756. The number of hydrogen-bond acceptors (Lipinski definition) is 3. The number of hydrogen-bond donors (Lipinski definition) is 0. The fourth-order valence-corrected chi connectivity index (χ4v) is 6.10. The summed E-state index contributed by atoms with van der Waals surface area (Å²) in [6.45, 7) is 1.91. The SMILES string of the molecule is Cc1cc2cc(C(=O)C=Cc3ccccc3-c3cn(C(c4ccccc4)(c4ccccc4)c4ccccc4)cn3)ccc2o1. The molecule has 0 saturated heterocycles. The summed E-state index contributed by atoms with van der Waals surface area (Å²) in [6.07, 6.45) is 7.53. The maximum atomic E-state index is 13.2. The molecule has 0 radical (unpaired) electrons. The Morgan fingerprint density at radius 2 is 1.32 bits per heavy atom. The Morgan fingerprint density at radius 3 is 1.95 bits per heavy atom. The van der Waals surface area contributed by atoms with Gasteiger partial charge in [-0.05, 0) is 59.5 Å². The van der Waals surface area contributed by atoms with Crippen molar-refractivity contribution >= 4 is 22.8 Å². The van der Waals surface area contributed by atoms with Crippen LogP contribution in [0, 0.1) is 6.92 Å². The van der Waals surface area contributed by atoms with Crippen LogP contribution in [-0.2, 0) is 5.54 Å². The van der Waals surface area contributed by atoms with Crippen LogP contribution >= 0.6 is 0 Å². The maximum Gasteiger partial charge on any atom is 0.185 e. The molecule has 4 nitrogen and oxygen atoms in total. The average Bonchev–Trinajstić information content (AvgIpc) is 3.72. The van der Waals surface area contributed by atoms with Gasteiger partial charge >= 0.3 is 0 Å². The summed E-state index contributed by atoms with van der Waals surface area (Å²) in [6, 6.07) is 47.2. The molecule has 0 bridgehead atoms. The van der Waals surface area contributed by atoms with Crippen molar-refractivity contribution in [2.45, 2.75) is 12.5 Å². The van der Waals surface area contributed by atoms with Crippen molar-refractivity contribution in [2.24, 2.45) is 0 Å². The fraction of sp³-hybridized carbons (Fsp3) is 0.0500. The lowest BCUT2D eigenvalue weighted by molar-refractivity contribution is 0.104. The summed E-state index contributed by atoms with van der Waals surface area (Å²) >= 11 is 0. The number of imidazole rings is 1. The van der Waals surface area contributed by atoms with Gasteiger partial charge in [-0.15, -0.1) is 0 Å². The molecular weight excluding hydrogens is 540 g/mol. The van der Waals surface area contributed by atoms with E-state index in [2.05, 4.69) is 83.6 Å². The largest absolute Gasteiger partial charge is 0.461 e. The van der Waals surface area contributed by atoms with E-state index in [9.17, 15) is 4.79 Å². The van der Waals surface area contributed by atoms with Gasteiger partial charge in [0.15, 0.2) is 5.78 Å². The van der Waals surface area contributed by atoms with Gasteiger partial charge in [0.25, 0.3) is 0 Å². The van der Waals surface area contributed by atoms with Crippen LogP contribution in [0.2, 0.25) is 0 Å². The molecule has 0 amide bonds. The fourth-order valence-electron chi connectivity index (χ4n) is 6.10. The van der Waals surface area contributed by atoms with Gasteiger partial charge in [-0.1, -0.05) is 121 Å². The molecule has 0 unspecified atom stereocenters. The van der Waals surface area contributed by atoms with E-state index in [0.717, 1.165) is 50.2 Å². The lowest BCUT2D eigenvalue weighted by atomic mass is 9.77. The summed E-state index contributed by atoms with van der Waals surface area (Å²) in [7, 11) is 0. The molecule has 212 valence electrons. The topological polar surface area (TPSA) is 48.0 Å². The number of aromatic nitrogens is 2. The molecule has 0 aliphatic heterocycles. The second-order valence-electron chi connectivity index (χ2n) is 10.9. The number of nitrogens with zero attached hydrogens (tertiary/aromatic N) is 2. The monoisotopic (exact) mass is 570 g/mol. The first kappa shape index (κ1) is 27.1. The van der Waals surface area contributed by atoms with Crippen molar-refractivity contribution in [1.82, 2.24) is 9.55 Å². The van der Waals surface area contributed by atoms with Gasteiger partial charge in [-0.3, -0.25) is 4.79 Å². The molecular formula is C40H30N2O2. The van der Waals surface area contributed by atoms with E-state index in [1.807, 2.05) is 86.1 Å². The van der Waals surface area contributed by atoms with Gasteiger partial charge in [0.2, 0.25) is 0 Å². The van der Waals surface area contributed by atoms with Crippen LogP contribution in [0.1, 0.15) is 38.4 Å². The van der Waals surface area contributed by atoms with Gasteiger partial charge in [0, 0.05) is 22.7 Å². The molecule has 7 rings (SSSR count). The summed E-state index contributed by atoms with van der Waals surface area (Å²) in [5, 5.41) is 0.923. The van der Waals surface area contributed by atoms with Crippen LogP contribution < -0.4 is 0 Å². The second kappa shape index (κ2) is 11.5. The Hall–Kier alpha value is -5.74. The summed E-state index contributed by atoms with van der Waals surface area (Å²) in [4.78, 5) is 18.1. The molecule has 7 aromatic rings. The van der Waals surface area contributed by atoms with Crippen LogP contribution in [0.3, 0.4) is 0 Å². The number of carbonyl (C=O) groups excluding carboxylic acids is 1. The number of rotatable bonds is 8. The summed E-state index contributed by atoms with van der Waals surface area (Å²) < 4.78 is 7.87. The number of carbonyl (C=O) groups is 1. The molecule has 4 heteroatoms. The lowest BCUT2D eigenvalue weighted by Crippen LogP contribution is -2.36. The Bertz CT molecular complexity index is 1990. The van der Waals surface area contributed by atoms with Gasteiger partial charge in [0.05, 0.1) is 12.0 Å². The lowest BCUT2D eigenvalue weighted by Gasteiger charge is -2.37. The van der Waals surface area contributed by atoms with E-state index in [4.69, 9.17) is 9.40 Å². The van der Waals surface area contributed by atoms with Crippen LogP contribution in [-0.4, -0.2) is 15.3 Å². The van der Waals surface area contributed by atoms with Gasteiger partial charge in [-0.2, -0.15) is 0 Å². The van der Waals surface area contributed by atoms with Crippen LogP contribution in [0.4, 0.5) is 0 Å². The van der Waals surface area contributed by atoms with Crippen LogP contribution in [0.5, 0.6) is 0 Å². The number of benzene rings is 5. The third kappa shape index (κ3) is 4.87. The van der Waals surface area contributed by atoms with Crippen LogP contribution in [0.15, 0.2) is 163 Å². The first-order chi connectivity index (χ1) is 21.6. The minimum absolute atomic E-state index is 0.0673. The standard InChI is InChI=1S/C40H30N2O2/c1-29-25-32-26-31(22-24-39(32)44-29)38(43)23-21-30-13-11-12-20-36(30)37-27-42(28-41-37)40(33-14-5-2-6-15-33,34-16-7-3-8-17-34)35-18-9-4-10-19-35/h2-28H,1H3. The molecule has 0 N–H and O–H groups in total. The Morgan fingerprint density at radius 1 is 0.727 bits per heavy atom. The number of aryl methyl sites for hydroxylation is 1. The van der Waals surface area contributed by atoms with Gasteiger partial charge in [-0.25, -0.2) is 4.98 Å². The third-order valence-electron chi connectivity index (χ3n) is 8.12. The molecule has 0 fully saturated rings. The van der Waals surface area contributed by atoms with Crippen molar-refractivity contribution in [3.63, 3.8) is 0 Å². The molecule has 2 aromatic heterocycles. The van der Waals surface area contributed by atoms with E-state index in [0.29, 0.717) is 5.56 Å². The molecule has 0 aliphatic carbocycles. The minimum Gasteiger partial charge on any atom is -0.461 e. The van der Waals surface area contributed by atoms with Crippen LogP contribution in [0.25, 0.3) is 28.3 Å². The third-order valence-corrected chi connectivity index (χ3v) is 8.12. The van der Waals surface area contributed by atoms with E-state index < -0.39 is 5.54 Å². The predicted molar refractivity (Wildman–Crippen MR) is 177 cm³/mol. The van der Waals surface area contributed by atoms with Crippen molar-refractivity contribution in [1.29, 1.82) is 0 Å².